The van der Waals surface area contributed by atoms with Crippen LogP contribution in [0.2, 0.25) is 0 Å². The van der Waals surface area contributed by atoms with Gasteiger partial charge in [-0.25, -0.2) is 14.4 Å². The largest absolute Gasteiger partial charge is 0.491 e. The summed E-state index contributed by atoms with van der Waals surface area (Å²) >= 11 is 0. The van der Waals surface area contributed by atoms with Crippen LogP contribution in [0, 0.1) is 5.82 Å². The van der Waals surface area contributed by atoms with E-state index in [0.717, 1.165) is 23.2 Å². The Morgan fingerprint density at radius 3 is 2.54 bits per heavy atom. The zero-order valence-corrected chi connectivity index (χ0v) is 14.9. The van der Waals surface area contributed by atoms with Crippen molar-refractivity contribution in [2.24, 2.45) is 0 Å². The fourth-order valence-electron chi connectivity index (χ4n) is 2.52. The molecule has 0 unspecified atom stereocenters. The molecule has 2 aromatic heterocycles. The molecule has 1 aromatic carbocycles. The van der Waals surface area contributed by atoms with E-state index in [1.165, 1.54) is 6.07 Å². The zero-order valence-electron chi connectivity index (χ0n) is 14.9. The molecule has 26 heavy (non-hydrogen) atoms. The average Bonchev–Trinajstić information content (AvgIpc) is 2.69. The molecule has 6 heteroatoms. The van der Waals surface area contributed by atoms with Crippen LogP contribution in [0.5, 0.6) is 5.75 Å². The van der Waals surface area contributed by atoms with Crippen molar-refractivity contribution < 1.29 is 9.13 Å². The number of halogens is 1. The van der Waals surface area contributed by atoms with Gasteiger partial charge in [0.25, 0.3) is 0 Å². The normalized spacial score (nSPS) is 10.6. The molecule has 0 aliphatic rings. The first kappa shape index (κ1) is 17.8. The Kier molecular flexibility index (Phi) is 5.73. The standard InChI is InChI=1S/C20H21FN4O/c1-3-16-12-19(25-20(24-16)15-7-9-22-10-8-15)23-13-14-5-6-18(26-4-2)17(21)11-14/h5-12H,3-4,13H2,1-2H3,(H,23,24,25). The van der Waals surface area contributed by atoms with Crippen LogP contribution in [-0.4, -0.2) is 21.6 Å². The summed E-state index contributed by atoms with van der Waals surface area (Å²) in [5.74, 6) is 1.26. The molecule has 134 valence electrons. The lowest BCUT2D eigenvalue weighted by atomic mass is 10.2. The van der Waals surface area contributed by atoms with Gasteiger partial charge in [0.2, 0.25) is 0 Å². The van der Waals surface area contributed by atoms with Crippen molar-refractivity contribution in [2.75, 3.05) is 11.9 Å². The summed E-state index contributed by atoms with van der Waals surface area (Å²) in [5, 5.41) is 3.25. The van der Waals surface area contributed by atoms with E-state index in [-0.39, 0.29) is 11.6 Å². The molecule has 0 aliphatic carbocycles. The number of hydrogen-bond donors (Lipinski definition) is 1. The van der Waals surface area contributed by atoms with Crippen molar-refractivity contribution in [1.82, 2.24) is 15.0 Å². The molecule has 5 nitrogen and oxygen atoms in total. The lowest BCUT2D eigenvalue weighted by molar-refractivity contribution is 0.321. The third kappa shape index (κ3) is 4.33. The number of ether oxygens (including phenoxy) is 1. The Morgan fingerprint density at radius 1 is 1.04 bits per heavy atom. The van der Waals surface area contributed by atoms with E-state index in [2.05, 4.69) is 20.3 Å². The molecule has 0 atom stereocenters. The van der Waals surface area contributed by atoms with Crippen LogP contribution in [0.4, 0.5) is 10.2 Å². The maximum absolute atomic E-state index is 14.0. The summed E-state index contributed by atoms with van der Waals surface area (Å²) in [6, 6.07) is 10.6. The molecule has 0 aliphatic heterocycles. The smallest absolute Gasteiger partial charge is 0.165 e. The van der Waals surface area contributed by atoms with Gasteiger partial charge in [0.1, 0.15) is 5.82 Å². The number of hydrogen-bond acceptors (Lipinski definition) is 5. The second-order valence-electron chi connectivity index (χ2n) is 5.71. The molecule has 0 saturated heterocycles. The number of anilines is 1. The van der Waals surface area contributed by atoms with Gasteiger partial charge in [0.05, 0.1) is 6.61 Å². The van der Waals surface area contributed by atoms with Gasteiger partial charge in [-0.3, -0.25) is 4.98 Å². The van der Waals surface area contributed by atoms with Crippen LogP contribution in [0.3, 0.4) is 0 Å². The van der Waals surface area contributed by atoms with E-state index < -0.39 is 0 Å². The van der Waals surface area contributed by atoms with E-state index >= 15 is 0 Å². The molecule has 2 heterocycles. The predicted molar refractivity (Wildman–Crippen MR) is 99.5 cm³/mol. The van der Waals surface area contributed by atoms with Gasteiger partial charge in [-0.1, -0.05) is 13.0 Å². The number of aromatic nitrogens is 3. The number of benzene rings is 1. The van der Waals surface area contributed by atoms with E-state index in [1.54, 1.807) is 18.5 Å². The van der Waals surface area contributed by atoms with Crippen molar-refractivity contribution in [2.45, 2.75) is 26.8 Å². The maximum atomic E-state index is 14.0. The van der Waals surface area contributed by atoms with Gasteiger partial charge in [-0.15, -0.1) is 0 Å². The highest BCUT2D eigenvalue weighted by Crippen LogP contribution is 2.20. The van der Waals surface area contributed by atoms with E-state index in [9.17, 15) is 4.39 Å². The Balaban J connectivity index is 1.78. The van der Waals surface area contributed by atoms with Crippen LogP contribution in [0.25, 0.3) is 11.4 Å². The summed E-state index contributed by atoms with van der Waals surface area (Å²) < 4.78 is 19.2. The molecule has 0 fully saturated rings. The van der Waals surface area contributed by atoms with E-state index in [4.69, 9.17) is 4.74 Å². The number of rotatable bonds is 7. The third-order valence-corrected chi connectivity index (χ3v) is 3.85. The molecule has 0 saturated carbocycles. The van der Waals surface area contributed by atoms with Crippen molar-refractivity contribution in [3.8, 4) is 17.1 Å². The molecule has 0 bridgehead atoms. The summed E-state index contributed by atoms with van der Waals surface area (Å²) in [7, 11) is 0. The van der Waals surface area contributed by atoms with Crippen molar-refractivity contribution in [3.63, 3.8) is 0 Å². The molecule has 3 rings (SSSR count). The monoisotopic (exact) mass is 352 g/mol. The van der Waals surface area contributed by atoms with Crippen LogP contribution < -0.4 is 10.1 Å². The number of aryl methyl sites for hydroxylation is 1. The fraction of sp³-hybridized carbons (Fsp3) is 0.250. The van der Waals surface area contributed by atoms with Crippen LogP contribution in [0.1, 0.15) is 25.1 Å². The summed E-state index contributed by atoms with van der Waals surface area (Å²) in [6.07, 6.45) is 4.23. The minimum atomic E-state index is -0.361. The number of nitrogens with one attached hydrogen (secondary N) is 1. The van der Waals surface area contributed by atoms with Crippen molar-refractivity contribution in [3.05, 3.63) is 65.9 Å². The summed E-state index contributed by atoms with van der Waals surface area (Å²) in [4.78, 5) is 13.2. The SMILES string of the molecule is CCOc1ccc(CNc2cc(CC)nc(-c3ccncc3)n2)cc1F. The zero-order chi connectivity index (χ0) is 18.4. The highest BCUT2D eigenvalue weighted by molar-refractivity contribution is 5.56. The average molecular weight is 352 g/mol. The third-order valence-electron chi connectivity index (χ3n) is 3.85. The molecule has 0 radical (unpaired) electrons. The topological polar surface area (TPSA) is 59.9 Å². The fourth-order valence-corrected chi connectivity index (χ4v) is 2.52. The van der Waals surface area contributed by atoms with Crippen molar-refractivity contribution in [1.29, 1.82) is 0 Å². The predicted octanol–water partition coefficient (Wildman–Crippen LogP) is 4.25. The van der Waals surface area contributed by atoms with Gasteiger partial charge in [-0.05, 0) is 43.2 Å². The number of pyridine rings is 1. The summed E-state index contributed by atoms with van der Waals surface area (Å²) in [6.45, 7) is 4.77. The Labute approximate surface area is 152 Å². The van der Waals surface area contributed by atoms with Crippen LogP contribution >= 0.6 is 0 Å². The quantitative estimate of drug-likeness (QED) is 0.689. The molecule has 0 amide bonds. The van der Waals surface area contributed by atoms with Gasteiger partial charge in [-0.2, -0.15) is 0 Å². The van der Waals surface area contributed by atoms with Crippen molar-refractivity contribution >= 4 is 5.82 Å². The first-order chi connectivity index (χ1) is 12.7. The second-order valence-corrected chi connectivity index (χ2v) is 5.71. The molecular formula is C20H21FN4O. The Hall–Kier alpha value is -3.02. The van der Waals surface area contributed by atoms with Crippen LogP contribution in [-0.2, 0) is 13.0 Å². The molecule has 3 aromatic rings. The Morgan fingerprint density at radius 2 is 1.85 bits per heavy atom. The Bertz CT molecular complexity index is 871. The van der Waals surface area contributed by atoms with Crippen LogP contribution in [0.15, 0.2) is 48.8 Å². The van der Waals surface area contributed by atoms with Gasteiger partial charge < -0.3 is 10.1 Å². The summed E-state index contributed by atoms with van der Waals surface area (Å²) in [5.41, 5.74) is 2.66. The second kappa shape index (κ2) is 8.38. The molecule has 1 N–H and O–H groups in total. The minimum Gasteiger partial charge on any atom is -0.491 e. The highest BCUT2D eigenvalue weighted by Gasteiger charge is 2.08. The van der Waals surface area contributed by atoms with E-state index in [1.807, 2.05) is 38.1 Å². The lowest BCUT2D eigenvalue weighted by Crippen LogP contribution is -2.05. The molecular weight excluding hydrogens is 331 g/mol. The van der Waals surface area contributed by atoms with E-state index in [0.29, 0.717) is 24.8 Å². The first-order valence-electron chi connectivity index (χ1n) is 8.63. The lowest BCUT2D eigenvalue weighted by Gasteiger charge is -2.11. The number of nitrogens with zero attached hydrogens (tertiary/aromatic N) is 3. The minimum absolute atomic E-state index is 0.270. The first-order valence-corrected chi connectivity index (χ1v) is 8.63. The van der Waals surface area contributed by atoms with Gasteiger partial charge >= 0.3 is 0 Å². The highest BCUT2D eigenvalue weighted by atomic mass is 19.1. The van der Waals surface area contributed by atoms with Gasteiger partial charge in [0, 0.05) is 36.3 Å². The van der Waals surface area contributed by atoms with Gasteiger partial charge in [0.15, 0.2) is 17.4 Å². The maximum Gasteiger partial charge on any atom is 0.165 e. The molecule has 0 spiro atoms.